The first-order chi connectivity index (χ1) is 7.83. The van der Waals surface area contributed by atoms with Crippen LogP contribution in [0.3, 0.4) is 0 Å². The summed E-state index contributed by atoms with van der Waals surface area (Å²) in [5.74, 6) is -0.275. The molecule has 1 heterocycles. The van der Waals surface area contributed by atoms with Gasteiger partial charge in [-0.3, -0.25) is 0 Å². The molecule has 8 heteroatoms. The predicted molar refractivity (Wildman–Crippen MR) is 64.5 cm³/mol. The molecule has 1 N–H and O–H groups in total. The van der Waals surface area contributed by atoms with E-state index in [-0.39, 0.29) is 24.1 Å². The van der Waals surface area contributed by atoms with Gasteiger partial charge in [-0.25, -0.2) is 17.8 Å². The Morgan fingerprint density at radius 1 is 1.53 bits per heavy atom. The van der Waals surface area contributed by atoms with Crippen LogP contribution in [0.4, 0.5) is 16.2 Å². The zero-order chi connectivity index (χ0) is 13.1. The van der Waals surface area contributed by atoms with Crippen LogP contribution in [-0.2, 0) is 9.84 Å². The van der Waals surface area contributed by atoms with Crippen LogP contribution in [0.5, 0.6) is 0 Å². The maximum atomic E-state index is 13.4. The maximum Gasteiger partial charge on any atom is 0.224 e. The second-order valence-corrected chi connectivity index (χ2v) is 5.93. The summed E-state index contributed by atoms with van der Waals surface area (Å²) in [5, 5.41) is 2.69. The molecule has 0 aliphatic carbocycles. The van der Waals surface area contributed by atoms with Crippen molar-refractivity contribution < 1.29 is 12.8 Å². The number of aromatic nitrogens is 2. The molecule has 0 spiro atoms. The Bertz CT molecular complexity index is 492. The minimum Gasteiger partial charge on any atom is -0.357 e. The van der Waals surface area contributed by atoms with Crippen LogP contribution in [-0.4, -0.2) is 51.0 Å². The van der Waals surface area contributed by atoms with Gasteiger partial charge in [0.2, 0.25) is 5.95 Å². The molecular formula is C9H15FN4O2S. The number of anilines is 2. The molecule has 96 valence electrons. The molecule has 0 unspecified atom stereocenters. The molecule has 0 bridgehead atoms. The number of hydrogen-bond acceptors (Lipinski definition) is 6. The van der Waals surface area contributed by atoms with Crippen LogP contribution < -0.4 is 10.2 Å². The molecule has 0 saturated carbocycles. The molecule has 0 aromatic carbocycles. The fourth-order valence-corrected chi connectivity index (χ4v) is 1.76. The van der Waals surface area contributed by atoms with Crippen molar-refractivity contribution in [2.24, 2.45) is 0 Å². The van der Waals surface area contributed by atoms with Crippen molar-refractivity contribution in [1.82, 2.24) is 9.97 Å². The Balaban J connectivity index is 2.84. The van der Waals surface area contributed by atoms with E-state index >= 15 is 0 Å². The SMILES string of the molecule is CNc1ncc(F)c(N(C)CCS(C)(=O)=O)n1. The van der Waals surface area contributed by atoms with Crippen LogP contribution in [0.1, 0.15) is 0 Å². The van der Waals surface area contributed by atoms with Gasteiger partial charge in [-0.15, -0.1) is 0 Å². The van der Waals surface area contributed by atoms with Crippen molar-refractivity contribution in [2.45, 2.75) is 0 Å². The van der Waals surface area contributed by atoms with E-state index in [1.807, 2.05) is 0 Å². The van der Waals surface area contributed by atoms with Gasteiger partial charge in [0.15, 0.2) is 11.6 Å². The number of nitrogens with zero attached hydrogens (tertiary/aromatic N) is 3. The van der Waals surface area contributed by atoms with Crippen molar-refractivity contribution in [3.63, 3.8) is 0 Å². The number of hydrogen-bond donors (Lipinski definition) is 1. The van der Waals surface area contributed by atoms with E-state index in [0.29, 0.717) is 0 Å². The zero-order valence-electron chi connectivity index (χ0n) is 9.94. The minimum absolute atomic E-state index is 0.0537. The molecule has 1 rings (SSSR count). The van der Waals surface area contributed by atoms with Crippen LogP contribution in [0, 0.1) is 5.82 Å². The fraction of sp³-hybridized carbons (Fsp3) is 0.556. The molecular weight excluding hydrogens is 247 g/mol. The van der Waals surface area contributed by atoms with Gasteiger partial charge in [-0.2, -0.15) is 4.98 Å². The van der Waals surface area contributed by atoms with Crippen molar-refractivity contribution in [3.8, 4) is 0 Å². The van der Waals surface area contributed by atoms with Crippen molar-refractivity contribution in [3.05, 3.63) is 12.0 Å². The molecule has 1 aromatic heterocycles. The van der Waals surface area contributed by atoms with Gasteiger partial charge in [0.05, 0.1) is 11.9 Å². The van der Waals surface area contributed by atoms with Crippen LogP contribution in [0.2, 0.25) is 0 Å². The van der Waals surface area contributed by atoms with E-state index < -0.39 is 15.7 Å². The molecule has 17 heavy (non-hydrogen) atoms. The molecule has 0 radical (unpaired) electrons. The van der Waals surface area contributed by atoms with E-state index in [1.165, 1.54) is 4.90 Å². The standard InChI is InChI=1S/C9H15FN4O2S/c1-11-9-12-6-7(10)8(13-9)14(2)4-5-17(3,15)16/h6H,4-5H2,1-3H3,(H,11,12,13). The van der Waals surface area contributed by atoms with E-state index in [1.54, 1.807) is 14.1 Å². The second kappa shape index (κ2) is 5.26. The summed E-state index contributed by atoms with van der Waals surface area (Å²) in [7, 11) is 0.119. The van der Waals surface area contributed by atoms with E-state index in [2.05, 4.69) is 15.3 Å². The molecule has 0 aliphatic heterocycles. The van der Waals surface area contributed by atoms with Crippen LogP contribution in [0.25, 0.3) is 0 Å². The molecule has 6 nitrogen and oxygen atoms in total. The Kier molecular flexibility index (Phi) is 4.22. The Hall–Kier alpha value is -1.44. The summed E-state index contributed by atoms with van der Waals surface area (Å²) in [6, 6.07) is 0. The summed E-state index contributed by atoms with van der Waals surface area (Å²) < 4.78 is 35.5. The summed E-state index contributed by atoms with van der Waals surface area (Å²) in [6.45, 7) is 0.177. The molecule has 1 aromatic rings. The highest BCUT2D eigenvalue weighted by atomic mass is 32.2. The molecule has 0 atom stereocenters. The highest BCUT2D eigenvalue weighted by molar-refractivity contribution is 7.90. The monoisotopic (exact) mass is 262 g/mol. The first kappa shape index (κ1) is 13.6. The predicted octanol–water partition coefficient (Wildman–Crippen LogP) is 0.138. The quantitative estimate of drug-likeness (QED) is 0.813. The zero-order valence-corrected chi connectivity index (χ0v) is 10.8. The third-order valence-corrected chi connectivity index (χ3v) is 3.03. The molecule has 0 saturated heterocycles. The summed E-state index contributed by atoms with van der Waals surface area (Å²) in [4.78, 5) is 9.08. The Morgan fingerprint density at radius 3 is 2.71 bits per heavy atom. The lowest BCUT2D eigenvalue weighted by molar-refractivity contribution is 0.596. The summed E-state index contributed by atoms with van der Waals surface area (Å²) in [6.07, 6.45) is 2.18. The van der Waals surface area contributed by atoms with Gasteiger partial charge in [-0.05, 0) is 0 Å². The Morgan fingerprint density at radius 2 is 2.18 bits per heavy atom. The van der Waals surface area contributed by atoms with Gasteiger partial charge in [-0.1, -0.05) is 0 Å². The van der Waals surface area contributed by atoms with Gasteiger partial charge in [0, 0.05) is 26.9 Å². The average molecular weight is 262 g/mol. The highest BCUT2D eigenvalue weighted by Gasteiger charge is 2.13. The maximum absolute atomic E-state index is 13.4. The van der Waals surface area contributed by atoms with E-state index in [9.17, 15) is 12.8 Å². The normalized spacial score (nSPS) is 11.3. The lowest BCUT2D eigenvalue weighted by atomic mass is 10.5. The van der Waals surface area contributed by atoms with Crippen molar-refractivity contribution >= 4 is 21.6 Å². The lowest BCUT2D eigenvalue weighted by Crippen LogP contribution is -2.26. The molecule has 0 amide bonds. The van der Waals surface area contributed by atoms with Gasteiger partial charge >= 0.3 is 0 Å². The second-order valence-electron chi connectivity index (χ2n) is 3.67. The lowest BCUT2D eigenvalue weighted by Gasteiger charge is -2.18. The van der Waals surface area contributed by atoms with E-state index in [4.69, 9.17) is 0 Å². The van der Waals surface area contributed by atoms with Crippen LogP contribution in [0.15, 0.2) is 6.20 Å². The topological polar surface area (TPSA) is 75.2 Å². The van der Waals surface area contributed by atoms with Gasteiger partial charge in [0.25, 0.3) is 0 Å². The smallest absolute Gasteiger partial charge is 0.224 e. The largest absolute Gasteiger partial charge is 0.357 e. The molecule has 0 fully saturated rings. The number of sulfone groups is 1. The average Bonchev–Trinajstić information content (AvgIpc) is 2.25. The fourth-order valence-electron chi connectivity index (χ4n) is 1.15. The third kappa shape index (κ3) is 4.14. The summed E-state index contributed by atoms with van der Waals surface area (Å²) >= 11 is 0. The van der Waals surface area contributed by atoms with Crippen LogP contribution >= 0.6 is 0 Å². The first-order valence-electron chi connectivity index (χ1n) is 4.92. The minimum atomic E-state index is -3.08. The first-order valence-corrected chi connectivity index (χ1v) is 6.98. The number of nitrogens with one attached hydrogen (secondary N) is 1. The number of rotatable bonds is 5. The Labute approximate surface area is 99.8 Å². The van der Waals surface area contributed by atoms with E-state index in [0.717, 1.165) is 12.5 Å². The van der Waals surface area contributed by atoms with Gasteiger partial charge < -0.3 is 10.2 Å². The van der Waals surface area contributed by atoms with Crippen molar-refractivity contribution in [1.29, 1.82) is 0 Å². The van der Waals surface area contributed by atoms with Gasteiger partial charge in [0.1, 0.15) is 9.84 Å². The third-order valence-electron chi connectivity index (χ3n) is 2.11. The van der Waals surface area contributed by atoms with Crippen molar-refractivity contribution in [2.75, 3.05) is 42.9 Å². The highest BCUT2D eigenvalue weighted by Crippen LogP contribution is 2.15. The summed E-state index contributed by atoms with van der Waals surface area (Å²) in [5.41, 5.74) is 0. The number of halogens is 1. The molecule has 0 aliphatic rings.